The normalized spacial score (nSPS) is 16.2. The average molecular weight is 336 g/mol. The van der Waals surface area contributed by atoms with Crippen LogP contribution in [0, 0.1) is 10.1 Å². The fourth-order valence-corrected chi connectivity index (χ4v) is 3.15. The third-order valence-electron chi connectivity index (χ3n) is 2.88. The molecule has 1 aliphatic heterocycles. The summed E-state index contributed by atoms with van der Waals surface area (Å²) in [5.41, 5.74) is 0.379. The van der Waals surface area contributed by atoms with Gasteiger partial charge < -0.3 is 4.74 Å². The number of nitro benzene ring substituents is 1. The number of hydrogen-bond donors (Lipinski definition) is 0. The zero-order chi connectivity index (χ0) is 16.3. The Morgan fingerprint density at radius 2 is 2.27 bits per heavy atom. The number of carbonyl (C=O) groups excluding carboxylic acids is 1. The van der Waals surface area contributed by atoms with E-state index < -0.39 is 4.92 Å². The van der Waals surface area contributed by atoms with E-state index in [9.17, 15) is 14.9 Å². The van der Waals surface area contributed by atoms with Gasteiger partial charge >= 0.3 is 5.69 Å². The lowest BCUT2D eigenvalue weighted by Gasteiger charge is -2.10. The molecule has 8 heteroatoms. The van der Waals surface area contributed by atoms with E-state index >= 15 is 0 Å². The Morgan fingerprint density at radius 1 is 1.55 bits per heavy atom. The summed E-state index contributed by atoms with van der Waals surface area (Å²) in [5.74, 6) is -0.0604. The second-order valence-electron chi connectivity index (χ2n) is 4.27. The summed E-state index contributed by atoms with van der Waals surface area (Å²) in [6.45, 7) is 3.92. The Hall–Kier alpha value is -2.19. The molecule has 22 heavy (non-hydrogen) atoms. The van der Waals surface area contributed by atoms with Crippen LogP contribution in [0.25, 0.3) is 6.08 Å². The van der Waals surface area contributed by atoms with Crippen LogP contribution in [0.4, 0.5) is 5.69 Å². The SMILES string of the molecule is C=CCN1C(=O)C(=Cc2ccc(OC)c([N+](=O)[O-])c2)SC1=S. The van der Waals surface area contributed by atoms with Crippen molar-refractivity contribution in [2.75, 3.05) is 13.7 Å². The first-order valence-electron chi connectivity index (χ1n) is 6.16. The first kappa shape index (κ1) is 16.2. The fourth-order valence-electron chi connectivity index (χ4n) is 1.88. The average Bonchev–Trinajstić information content (AvgIpc) is 2.75. The van der Waals surface area contributed by atoms with E-state index in [1.165, 1.54) is 24.1 Å². The Labute approximate surface area is 136 Å². The number of thioether (sulfide) groups is 1. The molecule has 0 aliphatic carbocycles. The van der Waals surface area contributed by atoms with Crippen LogP contribution in [0.3, 0.4) is 0 Å². The molecular weight excluding hydrogens is 324 g/mol. The lowest BCUT2D eigenvalue weighted by Crippen LogP contribution is -2.27. The molecule has 0 atom stereocenters. The van der Waals surface area contributed by atoms with E-state index in [1.807, 2.05) is 0 Å². The van der Waals surface area contributed by atoms with E-state index in [0.717, 1.165) is 11.8 Å². The molecular formula is C14H12N2O4S2. The number of amides is 1. The summed E-state index contributed by atoms with van der Waals surface area (Å²) in [5, 5.41) is 11.0. The molecule has 6 nitrogen and oxygen atoms in total. The molecule has 0 bridgehead atoms. The molecule has 1 fully saturated rings. The van der Waals surface area contributed by atoms with Crippen molar-refractivity contribution >= 4 is 46.0 Å². The van der Waals surface area contributed by atoms with E-state index in [-0.39, 0.29) is 17.3 Å². The summed E-state index contributed by atoms with van der Waals surface area (Å²) in [6.07, 6.45) is 3.17. The molecule has 1 amide bonds. The highest BCUT2D eigenvalue weighted by Gasteiger charge is 2.31. The molecule has 2 rings (SSSR count). The highest BCUT2D eigenvalue weighted by Crippen LogP contribution is 2.34. The van der Waals surface area contributed by atoms with Gasteiger partial charge in [-0.05, 0) is 17.7 Å². The Balaban J connectivity index is 2.36. The lowest BCUT2D eigenvalue weighted by molar-refractivity contribution is -0.385. The molecule has 0 saturated carbocycles. The Kier molecular flexibility index (Phi) is 4.94. The summed E-state index contributed by atoms with van der Waals surface area (Å²) < 4.78 is 5.39. The fraction of sp³-hybridized carbons (Fsp3) is 0.143. The number of thiocarbonyl (C=S) groups is 1. The van der Waals surface area contributed by atoms with Crippen LogP contribution >= 0.6 is 24.0 Å². The third-order valence-corrected chi connectivity index (χ3v) is 4.26. The summed E-state index contributed by atoms with van der Waals surface area (Å²) in [4.78, 5) is 24.5. The van der Waals surface area contributed by atoms with Gasteiger partial charge in [-0.2, -0.15) is 0 Å². The van der Waals surface area contributed by atoms with Crippen molar-refractivity contribution in [3.63, 3.8) is 0 Å². The predicted molar refractivity (Wildman–Crippen MR) is 89.7 cm³/mol. The largest absolute Gasteiger partial charge is 0.490 e. The molecule has 1 saturated heterocycles. The standard InChI is InChI=1S/C14H12N2O4S2/c1-3-6-15-13(17)12(22-14(15)21)8-9-4-5-11(20-2)10(7-9)16(18)19/h3-5,7-8H,1,6H2,2H3. The maximum absolute atomic E-state index is 12.2. The van der Waals surface area contributed by atoms with Gasteiger partial charge in [-0.1, -0.05) is 36.1 Å². The molecule has 1 aliphatic rings. The minimum atomic E-state index is -0.529. The number of nitro groups is 1. The number of nitrogens with zero attached hydrogens (tertiary/aromatic N) is 2. The van der Waals surface area contributed by atoms with Crippen molar-refractivity contribution in [3.05, 3.63) is 51.4 Å². The highest BCUT2D eigenvalue weighted by atomic mass is 32.2. The quantitative estimate of drug-likeness (QED) is 0.271. The minimum Gasteiger partial charge on any atom is -0.490 e. The van der Waals surface area contributed by atoms with Crippen molar-refractivity contribution in [2.45, 2.75) is 0 Å². The number of methoxy groups -OCH3 is 1. The molecule has 0 unspecified atom stereocenters. The molecule has 114 valence electrons. The first-order chi connectivity index (χ1) is 10.5. The molecule has 1 aromatic rings. The van der Waals surface area contributed by atoms with Crippen molar-refractivity contribution in [2.24, 2.45) is 0 Å². The number of hydrogen-bond acceptors (Lipinski definition) is 6. The van der Waals surface area contributed by atoms with Crippen molar-refractivity contribution < 1.29 is 14.5 Å². The van der Waals surface area contributed by atoms with Gasteiger partial charge in [-0.15, -0.1) is 6.58 Å². The van der Waals surface area contributed by atoms with E-state index in [4.69, 9.17) is 17.0 Å². The molecule has 0 radical (unpaired) electrons. The maximum atomic E-state index is 12.2. The molecule has 0 spiro atoms. The van der Waals surface area contributed by atoms with Crippen LogP contribution in [-0.2, 0) is 4.79 Å². The van der Waals surface area contributed by atoms with Crippen LogP contribution < -0.4 is 4.74 Å². The van der Waals surface area contributed by atoms with Gasteiger partial charge in [0.2, 0.25) is 0 Å². The van der Waals surface area contributed by atoms with Crippen molar-refractivity contribution in [1.29, 1.82) is 0 Å². The smallest absolute Gasteiger partial charge is 0.311 e. The van der Waals surface area contributed by atoms with Gasteiger partial charge in [0.05, 0.1) is 16.9 Å². The Bertz CT molecular complexity index is 700. The number of benzene rings is 1. The highest BCUT2D eigenvalue weighted by molar-refractivity contribution is 8.26. The number of carbonyl (C=O) groups is 1. The van der Waals surface area contributed by atoms with Crippen LogP contribution in [0.5, 0.6) is 5.75 Å². The predicted octanol–water partition coefficient (Wildman–Crippen LogP) is 2.99. The molecule has 1 aromatic carbocycles. The van der Waals surface area contributed by atoms with Gasteiger partial charge in [0, 0.05) is 12.6 Å². The number of ether oxygens (including phenoxy) is 1. The lowest BCUT2D eigenvalue weighted by atomic mass is 10.1. The number of rotatable bonds is 5. The zero-order valence-corrected chi connectivity index (χ0v) is 13.3. The Morgan fingerprint density at radius 3 is 2.86 bits per heavy atom. The monoisotopic (exact) mass is 336 g/mol. The van der Waals surface area contributed by atoms with Crippen LogP contribution in [0.1, 0.15) is 5.56 Å². The third kappa shape index (κ3) is 3.18. The van der Waals surface area contributed by atoms with Gasteiger partial charge in [-0.25, -0.2) is 0 Å². The van der Waals surface area contributed by atoms with Gasteiger partial charge in [-0.3, -0.25) is 19.8 Å². The van der Waals surface area contributed by atoms with Crippen LogP contribution in [0.2, 0.25) is 0 Å². The van der Waals surface area contributed by atoms with Crippen molar-refractivity contribution in [3.8, 4) is 5.75 Å². The minimum absolute atomic E-state index is 0.155. The van der Waals surface area contributed by atoms with E-state index in [2.05, 4.69) is 6.58 Å². The topological polar surface area (TPSA) is 72.7 Å². The molecule has 1 heterocycles. The summed E-state index contributed by atoms with van der Waals surface area (Å²) >= 11 is 6.30. The van der Waals surface area contributed by atoms with E-state index in [0.29, 0.717) is 21.3 Å². The van der Waals surface area contributed by atoms with Gasteiger partial charge in [0.1, 0.15) is 4.32 Å². The maximum Gasteiger partial charge on any atom is 0.311 e. The first-order valence-corrected chi connectivity index (χ1v) is 7.39. The van der Waals surface area contributed by atoms with E-state index in [1.54, 1.807) is 18.2 Å². The van der Waals surface area contributed by atoms with Crippen LogP contribution in [-0.4, -0.2) is 33.7 Å². The second kappa shape index (κ2) is 6.71. The van der Waals surface area contributed by atoms with Crippen LogP contribution in [0.15, 0.2) is 35.8 Å². The van der Waals surface area contributed by atoms with Crippen molar-refractivity contribution in [1.82, 2.24) is 4.90 Å². The zero-order valence-electron chi connectivity index (χ0n) is 11.6. The second-order valence-corrected chi connectivity index (χ2v) is 5.95. The molecule has 0 aromatic heterocycles. The van der Waals surface area contributed by atoms with Gasteiger partial charge in [0.15, 0.2) is 5.75 Å². The summed E-state index contributed by atoms with van der Waals surface area (Å²) in [7, 11) is 1.36. The molecule has 0 N–H and O–H groups in total. The summed E-state index contributed by atoms with van der Waals surface area (Å²) in [6, 6.07) is 4.50. The van der Waals surface area contributed by atoms with Gasteiger partial charge in [0.25, 0.3) is 5.91 Å².